The van der Waals surface area contributed by atoms with Crippen molar-refractivity contribution in [2.24, 2.45) is 17.8 Å². The van der Waals surface area contributed by atoms with Crippen LogP contribution in [0.25, 0.3) is 0 Å². The van der Waals surface area contributed by atoms with E-state index in [0.717, 1.165) is 25.2 Å². The highest BCUT2D eigenvalue weighted by Gasteiger charge is 2.22. The summed E-state index contributed by atoms with van der Waals surface area (Å²) in [5.74, 6) is 6.29. The van der Waals surface area contributed by atoms with Crippen molar-refractivity contribution < 1.29 is 18.3 Å². The lowest BCUT2D eigenvalue weighted by atomic mass is 9.81. The first-order valence-corrected chi connectivity index (χ1v) is 12.3. The van der Waals surface area contributed by atoms with E-state index in [0.29, 0.717) is 37.5 Å². The molecule has 1 heterocycles. The van der Waals surface area contributed by atoms with Gasteiger partial charge in [-0.15, -0.1) is 0 Å². The van der Waals surface area contributed by atoms with Gasteiger partial charge in [0.25, 0.3) is 0 Å². The summed E-state index contributed by atoms with van der Waals surface area (Å²) in [5.41, 5.74) is 0.530. The molecule has 31 heavy (non-hydrogen) atoms. The molecule has 172 valence electrons. The maximum atomic E-state index is 14.5. The lowest BCUT2D eigenvalue weighted by molar-refractivity contribution is -0.203. The highest BCUT2D eigenvalue weighted by Crippen LogP contribution is 2.30. The molecule has 1 aliphatic carbocycles. The SMILES string of the molecule is CCCCC[C@H]1CO[C@H](CCc2cc(F)c(C#C[C@H]3CC[C@H](CC)CC3)c(F)c2)OC1. The fourth-order valence-electron chi connectivity index (χ4n) is 4.66. The molecule has 0 atom stereocenters. The first kappa shape index (κ1) is 24.2. The molecule has 0 radical (unpaired) electrons. The van der Waals surface area contributed by atoms with Gasteiger partial charge in [-0.25, -0.2) is 8.78 Å². The second kappa shape index (κ2) is 12.6. The van der Waals surface area contributed by atoms with Crippen molar-refractivity contribution in [2.75, 3.05) is 13.2 Å². The van der Waals surface area contributed by atoms with Crippen LogP contribution in [0.1, 0.15) is 89.2 Å². The number of hydrogen-bond donors (Lipinski definition) is 0. The van der Waals surface area contributed by atoms with Gasteiger partial charge in [0.2, 0.25) is 0 Å². The molecule has 2 aliphatic rings. The van der Waals surface area contributed by atoms with E-state index in [4.69, 9.17) is 9.47 Å². The summed E-state index contributed by atoms with van der Waals surface area (Å²) >= 11 is 0. The Balaban J connectivity index is 1.47. The van der Waals surface area contributed by atoms with Gasteiger partial charge in [0.05, 0.1) is 18.8 Å². The number of aryl methyl sites for hydroxylation is 1. The van der Waals surface area contributed by atoms with Crippen molar-refractivity contribution in [3.8, 4) is 11.8 Å². The molecule has 2 nitrogen and oxygen atoms in total. The summed E-state index contributed by atoms with van der Waals surface area (Å²) in [5, 5.41) is 0. The maximum Gasteiger partial charge on any atom is 0.157 e. The molecular weight excluding hydrogens is 394 g/mol. The number of rotatable bonds is 8. The summed E-state index contributed by atoms with van der Waals surface area (Å²) in [7, 11) is 0. The maximum absolute atomic E-state index is 14.5. The zero-order valence-corrected chi connectivity index (χ0v) is 19.2. The number of ether oxygens (including phenoxy) is 2. The van der Waals surface area contributed by atoms with Gasteiger partial charge in [-0.1, -0.05) is 51.4 Å². The number of benzene rings is 1. The predicted octanol–water partition coefficient (Wildman–Crippen LogP) is 7.03. The number of halogens is 2. The Morgan fingerprint density at radius 2 is 1.58 bits per heavy atom. The van der Waals surface area contributed by atoms with Gasteiger partial charge in [-0.3, -0.25) is 0 Å². The summed E-state index contributed by atoms with van der Waals surface area (Å²) < 4.78 is 40.7. The first-order valence-electron chi connectivity index (χ1n) is 12.3. The van der Waals surface area contributed by atoms with Crippen LogP contribution in [0.3, 0.4) is 0 Å². The van der Waals surface area contributed by atoms with E-state index in [1.807, 2.05) is 0 Å². The highest BCUT2D eigenvalue weighted by molar-refractivity contribution is 5.39. The Morgan fingerprint density at radius 3 is 2.19 bits per heavy atom. The van der Waals surface area contributed by atoms with Crippen LogP contribution in [0.4, 0.5) is 8.78 Å². The molecule has 0 N–H and O–H groups in total. The molecular formula is C27H38F2O2. The summed E-state index contributed by atoms with van der Waals surface area (Å²) in [4.78, 5) is 0. The second-order valence-electron chi connectivity index (χ2n) is 9.33. The second-order valence-corrected chi connectivity index (χ2v) is 9.33. The van der Waals surface area contributed by atoms with Gasteiger partial charge in [0, 0.05) is 18.3 Å². The first-order chi connectivity index (χ1) is 15.1. The lowest BCUT2D eigenvalue weighted by Crippen LogP contribution is -2.32. The fraction of sp³-hybridized carbons (Fsp3) is 0.704. The summed E-state index contributed by atoms with van der Waals surface area (Å²) in [6.45, 7) is 5.85. The zero-order chi connectivity index (χ0) is 22.1. The normalized spacial score (nSPS) is 26.3. The van der Waals surface area contributed by atoms with E-state index < -0.39 is 11.6 Å². The Labute approximate surface area is 187 Å². The molecule has 1 saturated heterocycles. The van der Waals surface area contributed by atoms with Crippen LogP contribution in [0, 0.1) is 41.2 Å². The van der Waals surface area contributed by atoms with E-state index in [-0.39, 0.29) is 17.8 Å². The highest BCUT2D eigenvalue weighted by atomic mass is 19.1. The molecule has 1 aromatic carbocycles. The minimum absolute atomic E-state index is 0.0959. The fourth-order valence-corrected chi connectivity index (χ4v) is 4.66. The van der Waals surface area contributed by atoms with Gasteiger partial charge in [-0.05, 0) is 62.1 Å². The van der Waals surface area contributed by atoms with Crippen molar-refractivity contribution in [3.05, 3.63) is 34.9 Å². The Bertz CT molecular complexity index is 712. The Morgan fingerprint density at radius 1 is 0.903 bits per heavy atom. The molecule has 2 fully saturated rings. The monoisotopic (exact) mass is 432 g/mol. The zero-order valence-electron chi connectivity index (χ0n) is 19.2. The molecule has 0 bridgehead atoms. The predicted molar refractivity (Wildman–Crippen MR) is 121 cm³/mol. The van der Waals surface area contributed by atoms with Crippen LogP contribution in [0.15, 0.2) is 12.1 Å². The van der Waals surface area contributed by atoms with Gasteiger partial charge in [0.15, 0.2) is 6.29 Å². The van der Waals surface area contributed by atoms with E-state index in [1.54, 1.807) is 0 Å². The van der Waals surface area contributed by atoms with E-state index in [1.165, 1.54) is 50.7 Å². The van der Waals surface area contributed by atoms with Crippen molar-refractivity contribution >= 4 is 0 Å². The van der Waals surface area contributed by atoms with Crippen LogP contribution in [0.2, 0.25) is 0 Å². The van der Waals surface area contributed by atoms with Crippen molar-refractivity contribution in [3.63, 3.8) is 0 Å². The van der Waals surface area contributed by atoms with Gasteiger partial charge in [0.1, 0.15) is 11.6 Å². The topological polar surface area (TPSA) is 18.5 Å². The average Bonchev–Trinajstić information content (AvgIpc) is 2.78. The third-order valence-corrected chi connectivity index (χ3v) is 6.85. The molecule has 4 heteroatoms. The molecule has 0 spiro atoms. The molecule has 0 amide bonds. The van der Waals surface area contributed by atoms with Gasteiger partial charge in [-0.2, -0.15) is 0 Å². The van der Waals surface area contributed by atoms with Crippen LogP contribution in [-0.2, 0) is 15.9 Å². The minimum Gasteiger partial charge on any atom is -0.352 e. The Hall–Kier alpha value is -1.44. The van der Waals surface area contributed by atoms with E-state index >= 15 is 0 Å². The van der Waals surface area contributed by atoms with Crippen molar-refractivity contribution in [2.45, 2.75) is 90.8 Å². The molecule has 1 saturated carbocycles. The summed E-state index contributed by atoms with van der Waals surface area (Å²) in [6, 6.07) is 2.83. The summed E-state index contributed by atoms with van der Waals surface area (Å²) in [6.07, 6.45) is 11.3. The third kappa shape index (κ3) is 7.58. The van der Waals surface area contributed by atoms with Crippen LogP contribution >= 0.6 is 0 Å². The lowest BCUT2D eigenvalue weighted by Gasteiger charge is -2.29. The van der Waals surface area contributed by atoms with Crippen molar-refractivity contribution in [1.82, 2.24) is 0 Å². The Kier molecular flexibility index (Phi) is 9.81. The van der Waals surface area contributed by atoms with Crippen LogP contribution in [0.5, 0.6) is 0 Å². The van der Waals surface area contributed by atoms with Crippen molar-refractivity contribution in [1.29, 1.82) is 0 Å². The quantitative estimate of drug-likeness (QED) is 0.324. The average molecular weight is 433 g/mol. The molecule has 3 rings (SSSR count). The number of unbranched alkanes of at least 4 members (excludes halogenated alkanes) is 2. The van der Waals surface area contributed by atoms with Crippen LogP contribution < -0.4 is 0 Å². The molecule has 0 unspecified atom stereocenters. The van der Waals surface area contributed by atoms with E-state index in [9.17, 15) is 8.78 Å². The minimum atomic E-state index is -0.564. The van der Waals surface area contributed by atoms with Crippen LogP contribution in [-0.4, -0.2) is 19.5 Å². The number of hydrogen-bond acceptors (Lipinski definition) is 2. The largest absolute Gasteiger partial charge is 0.352 e. The molecule has 0 aromatic heterocycles. The molecule has 1 aliphatic heterocycles. The van der Waals surface area contributed by atoms with E-state index in [2.05, 4.69) is 25.7 Å². The third-order valence-electron chi connectivity index (χ3n) is 6.85. The molecule has 1 aromatic rings. The standard InChI is InChI=1S/C27H38F2O2/c1-3-5-6-7-23-18-30-27(31-19-23)15-13-22-16-25(28)24(26(29)17-22)14-12-21-10-8-20(4-2)9-11-21/h16-17,20-21,23,27H,3-11,13,15,18-19H2,1-2H3/t20-,21-,23-,27-. The smallest absolute Gasteiger partial charge is 0.157 e. The van der Waals surface area contributed by atoms with Gasteiger partial charge < -0.3 is 9.47 Å². The van der Waals surface area contributed by atoms with Gasteiger partial charge >= 0.3 is 0 Å².